The lowest BCUT2D eigenvalue weighted by atomic mass is 10.1. The molecule has 0 unspecified atom stereocenters. The Morgan fingerprint density at radius 2 is 1.70 bits per heavy atom. The Labute approximate surface area is 184 Å². The number of aromatic nitrogens is 2. The minimum Gasteiger partial charge on any atom is -0.356 e. The summed E-state index contributed by atoms with van der Waals surface area (Å²) < 4.78 is 0.872. The second-order valence-corrected chi connectivity index (χ2v) is 8.32. The van der Waals surface area contributed by atoms with E-state index in [-0.39, 0.29) is 5.91 Å². The number of benzene rings is 2. The van der Waals surface area contributed by atoms with E-state index in [4.69, 9.17) is 4.98 Å². The Balaban J connectivity index is 1.43. The van der Waals surface area contributed by atoms with Crippen LogP contribution >= 0.6 is 15.9 Å². The van der Waals surface area contributed by atoms with E-state index in [2.05, 4.69) is 36.4 Å². The number of nitrogens with zero attached hydrogens (tertiary/aromatic N) is 3. The Morgan fingerprint density at radius 3 is 2.43 bits per heavy atom. The molecular weight excluding hydrogens is 442 g/mol. The van der Waals surface area contributed by atoms with Crippen LogP contribution in [-0.4, -0.2) is 29.0 Å². The summed E-state index contributed by atoms with van der Waals surface area (Å²) in [4.78, 5) is 23.9. The summed E-state index contributed by atoms with van der Waals surface area (Å²) >= 11 is 3.39. The quantitative estimate of drug-likeness (QED) is 0.517. The molecule has 6 nitrogen and oxygen atoms in total. The highest BCUT2D eigenvalue weighted by Gasteiger charge is 2.14. The summed E-state index contributed by atoms with van der Waals surface area (Å²) in [6, 6.07) is 16.9. The zero-order chi connectivity index (χ0) is 20.9. The summed E-state index contributed by atoms with van der Waals surface area (Å²) in [6.07, 6.45) is 3.70. The molecule has 0 radical (unpaired) electrons. The van der Waals surface area contributed by atoms with Crippen LogP contribution in [0.25, 0.3) is 0 Å². The molecule has 154 valence electrons. The maximum absolute atomic E-state index is 12.4. The molecule has 1 saturated heterocycles. The molecule has 1 aromatic heterocycles. The smallest absolute Gasteiger partial charge is 0.255 e. The highest BCUT2D eigenvalue weighted by atomic mass is 79.9. The van der Waals surface area contributed by atoms with E-state index >= 15 is 0 Å². The van der Waals surface area contributed by atoms with E-state index in [1.165, 1.54) is 19.3 Å². The largest absolute Gasteiger partial charge is 0.356 e. The van der Waals surface area contributed by atoms with E-state index in [1.54, 1.807) is 12.1 Å². The minimum atomic E-state index is -0.148. The van der Waals surface area contributed by atoms with E-state index < -0.39 is 0 Å². The fourth-order valence-electron chi connectivity index (χ4n) is 3.49. The average Bonchev–Trinajstić information content (AvgIpc) is 2.75. The molecule has 1 aliphatic rings. The predicted octanol–water partition coefficient (Wildman–Crippen LogP) is 5.53. The highest BCUT2D eigenvalue weighted by molar-refractivity contribution is 9.10. The number of rotatable bonds is 5. The van der Waals surface area contributed by atoms with Crippen molar-refractivity contribution in [2.24, 2.45) is 0 Å². The normalized spacial score (nSPS) is 13.7. The summed E-state index contributed by atoms with van der Waals surface area (Å²) in [6.45, 7) is 4.07. The SMILES string of the molecule is Cc1cc(N2CCCCC2)nc(Nc2ccc(NC(=O)c3cccc(Br)c3)cc2)n1. The van der Waals surface area contributed by atoms with Crippen molar-refractivity contribution in [2.75, 3.05) is 28.6 Å². The number of piperidine rings is 1. The number of carbonyl (C=O) groups excluding carboxylic acids is 1. The van der Waals surface area contributed by atoms with Gasteiger partial charge in [-0.3, -0.25) is 4.79 Å². The number of carbonyl (C=O) groups is 1. The number of hydrogen-bond donors (Lipinski definition) is 2. The lowest BCUT2D eigenvalue weighted by molar-refractivity contribution is 0.102. The van der Waals surface area contributed by atoms with Gasteiger partial charge >= 0.3 is 0 Å². The number of halogens is 1. The number of hydrogen-bond acceptors (Lipinski definition) is 5. The van der Waals surface area contributed by atoms with Gasteiger partial charge in [-0.05, 0) is 68.7 Å². The molecule has 30 heavy (non-hydrogen) atoms. The Morgan fingerprint density at radius 1 is 0.967 bits per heavy atom. The lowest BCUT2D eigenvalue weighted by Crippen LogP contribution is -2.30. The first-order valence-electron chi connectivity index (χ1n) is 10.1. The van der Waals surface area contributed by atoms with Gasteiger partial charge in [-0.25, -0.2) is 4.98 Å². The van der Waals surface area contributed by atoms with Gasteiger partial charge < -0.3 is 15.5 Å². The van der Waals surface area contributed by atoms with Gasteiger partial charge in [0.15, 0.2) is 0 Å². The van der Waals surface area contributed by atoms with Gasteiger partial charge in [0, 0.05) is 46.3 Å². The van der Waals surface area contributed by atoms with E-state index in [1.807, 2.05) is 49.4 Å². The van der Waals surface area contributed by atoms with E-state index in [0.717, 1.165) is 40.4 Å². The third-order valence-electron chi connectivity index (χ3n) is 5.01. The molecule has 0 bridgehead atoms. The molecule has 0 saturated carbocycles. The van der Waals surface area contributed by atoms with Crippen LogP contribution in [0.15, 0.2) is 59.1 Å². The van der Waals surface area contributed by atoms with Crippen molar-refractivity contribution in [3.8, 4) is 0 Å². The molecule has 2 aromatic carbocycles. The molecule has 0 aliphatic carbocycles. The first kappa shape index (κ1) is 20.3. The molecule has 4 rings (SSSR count). The van der Waals surface area contributed by atoms with Crippen molar-refractivity contribution in [1.29, 1.82) is 0 Å². The van der Waals surface area contributed by atoms with Crippen molar-refractivity contribution < 1.29 is 4.79 Å². The average molecular weight is 466 g/mol. The lowest BCUT2D eigenvalue weighted by Gasteiger charge is -2.28. The first-order chi connectivity index (χ1) is 14.6. The summed E-state index contributed by atoms with van der Waals surface area (Å²) in [5, 5.41) is 6.19. The Bertz CT molecular complexity index is 1030. The van der Waals surface area contributed by atoms with Crippen LogP contribution in [0.3, 0.4) is 0 Å². The van der Waals surface area contributed by atoms with Crippen LogP contribution in [0.4, 0.5) is 23.1 Å². The van der Waals surface area contributed by atoms with E-state index in [9.17, 15) is 4.79 Å². The molecule has 2 heterocycles. The van der Waals surface area contributed by atoms with Crippen molar-refractivity contribution in [1.82, 2.24) is 9.97 Å². The topological polar surface area (TPSA) is 70.2 Å². The van der Waals surface area contributed by atoms with Crippen LogP contribution in [-0.2, 0) is 0 Å². The number of amides is 1. The molecule has 0 spiro atoms. The summed E-state index contributed by atoms with van der Waals surface area (Å²) in [7, 11) is 0. The second kappa shape index (κ2) is 9.26. The van der Waals surface area contributed by atoms with Gasteiger partial charge in [0.05, 0.1) is 0 Å². The zero-order valence-electron chi connectivity index (χ0n) is 16.9. The fourth-order valence-corrected chi connectivity index (χ4v) is 3.89. The summed E-state index contributed by atoms with van der Waals surface area (Å²) in [5.41, 5.74) is 3.13. The third-order valence-corrected chi connectivity index (χ3v) is 5.50. The van der Waals surface area contributed by atoms with Gasteiger partial charge in [-0.15, -0.1) is 0 Å². The molecule has 2 N–H and O–H groups in total. The minimum absolute atomic E-state index is 0.148. The zero-order valence-corrected chi connectivity index (χ0v) is 18.4. The van der Waals surface area contributed by atoms with Gasteiger partial charge in [0.2, 0.25) is 5.95 Å². The third kappa shape index (κ3) is 5.16. The second-order valence-electron chi connectivity index (χ2n) is 7.41. The highest BCUT2D eigenvalue weighted by Crippen LogP contribution is 2.22. The number of anilines is 4. The molecule has 1 fully saturated rings. The summed E-state index contributed by atoms with van der Waals surface area (Å²) in [5.74, 6) is 1.41. The molecule has 7 heteroatoms. The monoisotopic (exact) mass is 465 g/mol. The molecule has 3 aromatic rings. The van der Waals surface area contributed by atoms with Crippen LogP contribution in [0.5, 0.6) is 0 Å². The molecule has 0 atom stereocenters. The van der Waals surface area contributed by atoms with Gasteiger partial charge in [-0.2, -0.15) is 4.98 Å². The van der Waals surface area contributed by atoms with Crippen LogP contribution < -0.4 is 15.5 Å². The van der Waals surface area contributed by atoms with Crippen LogP contribution in [0.2, 0.25) is 0 Å². The van der Waals surface area contributed by atoms with Crippen molar-refractivity contribution in [2.45, 2.75) is 26.2 Å². The maximum Gasteiger partial charge on any atom is 0.255 e. The molecular formula is C23H24BrN5O. The predicted molar refractivity (Wildman–Crippen MR) is 125 cm³/mol. The molecule has 1 aliphatic heterocycles. The first-order valence-corrected chi connectivity index (χ1v) is 10.9. The van der Waals surface area contributed by atoms with E-state index in [0.29, 0.717) is 11.5 Å². The Hall–Kier alpha value is -2.93. The fraction of sp³-hybridized carbons (Fsp3) is 0.261. The van der Waals surface area contributed by atoms with Crippen LogP contribution in [0, 0.1) is 6.92 Å². The number of nitrogens with one attached hydrogen (secondary N) is 2. The van der Waals surface area contributed by atoms with Crippen LogP contribution in [0.1, 0.15) is 35.3 Å². The van der Waals surface area contributed by atoms with Gasteiger partial charge in [0.1, 0.15) is 5.82 Å². The van der Waals surface area contributed by atoms with Crippen molar-refractivity contribution in [3.05, 3.63) is 70.3 Å². The Kier molecular flexibility index (Phi) is 6.28. The van der Waals surface area contributed by atoms with Gasteiger partial charge in [0.25, 0.3) is 5.91 Å². The standard InChI is InChI=1S/C23H24BrN5O/c1-16-14-21(29-12-3-2-4-13-29)28-23(25-16)27-20-10-8-19(9-11-20)26-22(30)17-6-5-7-18(24)15-17/h5-11,14-15H,2-4,12-13H2,1H3,(H,26,30)(H,25,27,28). The van der Waals surface area contributed by atoms with Gasteiger partial charge in [-0.1, -0.05) is 22.0 Å². The number of aryl methyl sites for hydroxylation is 1. The van der Waals surface area contributed by atoms with Crippen molar-refractivity contribution in [3.63, 3.8) is 0 Å². The molecule has 1 amide bonds. The maximum atomic E-state index is 12.4. The van der Waals surface area contributed by atoms with Crippen molar-refractivity contribution >= 4 is 45.0 Å².